The molecule has 4 rings (SSSR count). The van der Waals surface area contributed by atoms with E-state index >= 15 is 0 Å². The van der Waals surface area contributed by atoms with E-state index in [0.717, 1.165) is 48.2 Å². The predicted octanol–water partition coefficient (Wildman–Crippen LogP) is 4.10. The molecule has 0 aromatic heterocycles. The van der Waals surface area contributed by atoms with Crippen LogP contribution in [0.2, 0.25) is 0 Å². The number of halogens is 1. The molecule has 170 valence electrons. The molecule has 2 unspecified atom stereocenters. The van der Waals surface area contributed by atoms with Gasteiger partial charge in [0, 0.05) is 43.5 Å². The summed E-state index contributed by atoms with van der Waals surface area (Å²) in [6.07, 6.45) is 0. The van der Waals surface area contributed by atoms with Gasteiger partial charge in [-0.1, -0.05) is 42.5 Å². The zero-order chi connectivity index (χ0) is 22.7. The number of ether oxygens (including phenoxy) is 1. The normalized spacial score (nSPS) is 16.8. The van der Waals surface area contributed by atoms with Crippen LogP contribution in [0.1, 0.15) is 16.4 Å². The standard InChI is InChI=1S/C24H28ClN3O3S/c1-27-10-12-28(13-11-27)18-15-21(23(26)22(16-18)31-14-9-25)24(32(29)30)20-8-4-6-17-5-2-3-7-19(17)20/h2-8,15-16,24H,9-14,26H2,1H3,(H,29,30). The third kappa shape index (κ3) is 4.71. The Morgan fingerprint density at radius 2 is 1.81 bits per heavy atom. The number of anilines is 2. The fraction of sp³-hybridized carbons (Fsp3) is 0.333. The first-order valence-electron chi connectivity index (χ1n) is 10.6. The number of piperazine rings is 1. The van der Waals surface area contributed by atoms with Crippen molar-refractivity contribution in [3.8, 4) is 5.75 Å². The number of rotatable bonds is 7. The van der Waals surface area contributed by atoms with Crippen LogP contribution in [-0.4, -0.2) is 59.4 Å². The van der Waals surface area contributed by atoms with Gasteiger partial charge in [-0.3, -0.25) is 0 Å². The molecule has 1 heterocycles. The summed E-state index contributed by atoms with van der Waals surface area (Å²) in [7, 11) is 2.10. The van der Waals surface area contributed by atoms with Crippen molar-refractivity contribution in [3.63, 3.8) is 0 Å². The lowest BCUT2D eigenvalue weighted by molar-refractivity contribution is 0.312. The van der Waals surface area contributed by atoms with Crippen LogP contribution in [0.5, 0.6) is 5.75 Å². The molecule has 8 heteroatoms. The van der Waals surface area contributed by atoms with E-state index in [0.29, 0.717) is 29.5 Å². The molecule has 0 aliphatic carbocycles. The SMILES string of the molecule is CN1CCN(c2cc(OCCCl)c(N)c(C(c3cccc4ccccc34)S(=O)O)c2)CC1. The van der Waals surface area contributed by atoms with Gasteiger partial charge in [-0.15, -0.1) is 11.6 Å². The van der Waals surface area contributed by atoms with Crippen molar-refractivity contribution in [3.05, 3.63) is 65.7 Å². The van der Waals surface area contributed by atoms with Crippen LogP contribution in [0.3, 0.4) is 0 Å². The zero-order valence-corrected chi connectivity index (χ0v) is 19.6. The minimum absolute atomic E-state index is 0.304. The molecule has 1 saturated heterocycles. The Labute approximate surface area is 196 Å². The van der Waals surface area contributed by atoms with Crippen molar-refractivity contribution in [2.75, 3.05) is 56.3 Å². The molecule has 3 aromatic rings. The van der Waals surface area contributed by atoms with Crippen LogP contribution in [0.4, 0.5) is 11.4 Å². The van der Waals surface area contributed by atoms with Gasteiger partial charge in [0.05, 0.1) is 11.6 Å². The molecular formula is C24H28ClN3O3S. The van der Waals surface area contributed by atoms with Gasteiger partial charge in [-0.05, 0) is 29.4 Å². The Morgan fingerprint density at radius 3 is 2.53 bits per heavy atom. The maximum atomic E-state index is 12.7. The number of benzene rings is 3. The molecule has 0 amide bonds. The van der Waals surface area contributed by atoms with Crippen LogP contribution >= 0.6 is 11.6 Å². The van der Waals surface area contributed by atoms with E-state index in [1.807, 2.05) is 54.6 Å². The Bertz CT molecular complexity index is 1110. The Balaban J connectivity index is 1.86. The number of nitrogens with zero attached hydrogens (tertiary/aromatic N) is 2. The van der Waals surface area contributed by atoms with E-state index in [1.165, 1.54) is 0 Å². The monoisotopic (exact) mass is 473 g/mol. The molecule has 1 fully saturated rings. The topological polar surface area (TPSA) is 79.0 Å². The Hall–Kier alpha value is -2.32. The fourth-order valence-electron chi connectivity index (χ4n) is 4.23. The highest BCUT2D eigenvalue weighted by molar-refractivity contribution is 7.79. The van der Waals surface area contributed by atoms with Crippen LogP contribution in [-0.2, 0) is 11.1 Å². The van der Waals surface area contributed by atoms with Gasteiger partial charge in [-0.2, -0.15) is 0 Å². The van der Waals surface area contributed by atoms with Crippen molar-refractivity contribution < 1.29 is 13.5 Å². The van der Waals surface area contributed by atoms with Crippen molar-refractivity contribution in [1.82, 2.24) is 4.90 Å². The third-order valence-corrected chi connectivity index (χ3v) is 7.02. The highest BCUT2D eigenvalue weighted by atomic mass is 35.5. The molecule has 32 heavy (non-hydrogen) atoms. The quantitative estimate of drug-likeness (QED) is 0.305. The van der Waals surface area contributed by atoms with Gasteiger partial charge in [0.15, 0.2) is 11.1 Å². The highest BCUT2D eigenvalue weighted by Crippen LogP contribution is 2.41. The molecule has 0 radical (unpaired) electrons. The van der Waals surface area contributed by atoms with E-state index < -0.39 is 16.3 Å². The Morgan fingerprint density at radius 1 is 1.09 bits per heavy atom. The zero-order valence-electron chi connectivity index (χ0n) is 18.0. The summed E-state index contributed by atoms with van der Waals surface area (Å²) in [4.78, 5) is 4.54. The van der Waals surface area contributed by atoms with Crippen LogP contribution in [0.25, 0.3) is 10.8 Å². The number of hydrogen-bond donors (Lipinski definition) is 2. The summed E-state index contributed by atoms with van der Waals surface area (Å²) < 4.78 is 29.0. The lowest BCUT2D eigenvalue weighted by Crippen LogP contribution is -2.44. The summed E-state index contributed by atoms with van der Waals surface area (Å²) in [5.74, 6) is 0.819. The van der Waals surface area contributed by atoms with E-state index in [9.17, 15) is 8.76 Å². The number of nitrogens with two attached hydrogens (primary N) is 1. The first-order chi connectivity index (χ1) is 15.5. The van der Waals surface area contributed by atoms with E-state index in [4.69, 9.17) is 22.1 Å². The largest absolute Gasteiger partial charge is 0.490 e. The second kappa shape index (κ2) is 10.1. The minimum Gasteiger partial charge on any atom is -0.490 e. The smallest absolute Gasteiger partial charge is 0.165 e. The van der Waals surface area contributed by atoms with Crippen LogP contribution in [0.15, 0.2) is 54.6 Å². The molecule has 3 N–H and O–H groups in total. The average Bonchev–Trinajstić information content (AvgIpc) is 2.80. The molecule has 1 aliphatic rings. The van der Waals surface area contributed by atoms with E-state index in [1.54, 1.807) is 0 Å². The summed E-state index contributed by atoms with van der Waals surface area (Å²) in [5.41, 5.74) is 9.17. The number of likely N-dealkylation sites (N-methyl/N-ethyl adjacent to an activating group) is 1. The highest BCUT2D eigenvalue weighted by Gasteiger charge is 2.28. The maximum Gasteiger partial charge on any atom is 0.165 e. The van der Waals surface area contributed by atoms with Gasteiger partial charge >= 0.3 is 0 Å². The fourth-order valence-corrected chi connectivity index (χ4v) is 5.14. The molecule has 3 aromatic carbocycles. The number of nitrogen functional groups attached to an aromatic ring is 1. The molecule has 0 saturated carbocycles. The van der Waals surface area contributed by atoms with Crippen molar-refractivity contribution in [2.45, 2.75) is 5.25 Å². The van der Waals surface area contributed by atoms with E-state index in [-0.39, 0.29) is 0 Å². The minimum atomic E-state index is -2.19. The molecular weight excluding hydrogens is 446 g/mol. The van der Waals surface area contributed by atoms with E-state index in [2.05, 4.69) is 16.8 Å². The lowest BCUT2D eigenvalue weighted by atomic mass is 9.96. The van der Waals surface area contributed by atoms with Gasteiger partial charge in [0.1, 0.15) is 17.6 Å². The van der Waals surface area contributed by atoms with Gasteiger partial charge in [0.25, 0.3) is 0 Å². The summed E-state index contributed by atoms with van der Waals surface area (Å²) in [5, 5.41) is 1.12. The van der Waals surface area contributed by atoms with Gasteiger partial charge in [-0.25, -0.2) is 4.21 Å². The first kappa shape index (κ1) is 22.9. The first-order valence-corrected chi connectivity index (χ1v) is 12.3. The van der Waals surface area contributed by atoms with Crippen molar-refractivity contribution >= 4 is 44.8 Å². The van der Waals surface area contributed by atoms with Gasteiger partial charge < -0.3 is 24.8 Å². The summed E-state index contributed by atoms with van der Waals surface area (Å²) >= 11 is 3.66. The third-order valence-electron chi connectivity index (χ3n) is 5.95. The number of hydrogen-bond acceptors (Lipinski definition) is 5. The Kier molecular flexibility index (Phi) is 7.20. The van der Waals surface area contributed by atoms with Crippen LogP contribution in [0, 0.1) is 0 Å². The lowest BCUT2D eigenvalue weighted by Gasteiger charge is -2.35. The number of alkyl halides is 1. The van der Waals surface area contributed by atoms with Crippen molar-refractivity contribution in [2.24, 2.45) is 0 Å². The number of fused-ring (bicyclic) bond motifs is 1. The molecule has 0 bridgehead atoms. The molecule has 1 aliphatic heterocycles. The second-order valence-corrected chi connectivity index (χ2v) is 9.40. The second-order valence-electron chi connectivity index (χ2n) is 8.00. The molecule has 6 nitrogen and oxygen atoms in total. The predicted molar refractivity (Wildman–Crippen MR) is 133 cm³/mol. The maximum absolute atomic E-state index is 12.7. The molecule has 2 atom stereocenters. The summed E-state index contributed by atoms with van der Waals surface area (Å²) in [6, 6.07) is 17.5. The summed E-state index contributed by atoms with van der Waals surface area (Å²) in [6.45, 7) is 3.90. The van der Waals surface area contributed by atoms with Crippen molar-refractivity contribution in [1.29, 1.82) is 0 Å². The average molecular weight is 474 g/mol. The molecule has 0 spiro atoms. The van der Waals surface area contributed by atoms with Gasteiger partial charge in [0.2, 0.25) is 0 Å². The van der Waals surface area contributed by atoms with Crippen LogP contribution < -0.4 is 15.4 Å².